The van der Waals surface area contributed by atoms with Crippen molar-refractivity contribution in [1.29, 1.82) is 0 Å². The van der Waals surface area contributed by atoms with E-state index < -0.39 is 11.9 Å². The molecule has 7 heteroatoms. The lowest BCUT2D eigenvalue weighted by atomic mass is 10.0. The minimum absolute atomic E-state index is 0.166. The molecule has 0 unspecified atom stereocenters. The van der Waals surface area contributed by atoms with Crippen LogP contribution in [0.4, 0.5) is 0 Å². The van der Waals surface area contributed by atoms with E-state index in [0.29, 0.717) is 5.69 Å². The number of nitrogens with one attached hydrogen (secondary N) is 1. The summed E-state index contributed by atoms with van der Waals surface area (Å²) < 4.78 is 0. The predicted octanol–water partition coefficient (Wildman–Crippen LogP) is 1.60. The van der Waals surface area contributed by atoms with Crippen LogP contribution in [0.1, 0.15) is 15.5 Å². The van der Waals surface area contributed by atoms with Crippen molar-refractivity contribution in [3.05, 3.63) is 28.3 Å². The number of hydrogen-bond donors (Lipinski definition) is 2. The number of aryl methyl sites for hydroxylation is 1. The molecule has 1 amide bonds. The van der Waals surface area contributed by atoms with Crippen molar-refractivity contribution in [1.82, 2.24) is 14.9 Å². The molecule has 104 valence electrons. The van der Waals surface area contributed by atoms with Crippen LogP contribution in [-0.2, 0) is 4.79 Å². The summed E-state index contributed by atoms with van der Waals surface area (Å²) in [6.07, 6.45) is 1.75. The molecule has 0 aromatic carbocycles. The number of aromatic amines is 1. The number of carboxylic acids is 1. The van der Waals surface area contributed by atoms with Crippen LogP contribution in [0.15, 0.2) is 17.6 Å². The summed E-state index contributed by atoms with van der Waals surface area (Å²) in [5.74, 6) is -1.45. The number of carboxylic acid groups (broad SMARTS) is 1. The Labute approximate surface area is 119 Å². The smallest absolute Gasteiger partial charge is 0.310 e. The van der Waals surface area contributed by atoms with Gasteiger partial charge in [0.25, 0.3) is 5.91 Å². The molecule has 0 saturated carbocycles. The number of amides is 1. The van der Waals surface area contributed by atoms with Crippen LogP contribution in [0.5, 0.6) is 0 Å². The van der Waals surface area contributed by atoms with Gasteiger partial charge in [0.1, 0.15) is 5.69 Å². The lowest BCUT2D eigenvalue weighted by Crippen LogP contribution is -2.53. The molecule has 1 fully saturated rings. The molecule has 2 aromatic rings. The van der Waals surface area contributed by atoms with Crippen molar-refractivity contribution >= 4 is 23.2 Å². The van der Waals surface area contributed by atoms with Gasteiger partial charge in [-0.15, -0.1) is 11.3 Å². The monoisotopic (exact) mass is 291 g/mol. The van der Waals surface area contributed by atoms with Gasteiger partial charge in [-0.25, -0.2) is 4.98 Å². The van der Waals surface area contributed by atoms with Crippen LogP contribution in [0.3, 0.4) is 0 Å². The topological polar surface area (TPSA) is 86.3 Å². The molecule has 6 nitrogen and oxygen atoms in total. The molecule has 0 aliphatic carbocycles. The standard InChI is InChI=1S/C13H13N3O3S/c1-7-15-11(6-20-7)8-2-10(14-3-8)12(17)16-4-9(5-16)13(18)19/h2-3,6,9,14H,4-5H2,1H3,(H,18,19). The van der Waals surface area contributed by atoms with Crippen LogP contribution < -0.4 is 0 Å². The minimum atomic E-state index is -0.848. The molecule has 2 aromatic heterocycles. The summed E-state index contributed by atoms with van der Waals surface area (Å²) in [6, 6.07) is 1.75. The van der Waals surface area contributed by atoms with Crippen LogP contribution in [0.2, 0.25) is 0 Å². The van der Waals surface area contributed by atoms with Gasteiger partial charge in [0.05, 0.1) is 16.6 Å². The van der Waals surface area contributed by atoms with E-state index >= 15 is 0 Å². The highest BCUT2D eigenvalue weighted by Crippen LogP contribution is 2.24. The highest BCUT2D eigenvalue weighted by atomic mass is 32.1. The largest absolute Gasteiger partial charge is 0.481 e. The summed E-state index contributed by atoms with van der Waals surface area (Å²) in [5, 5.41) is 11.7. The quantitative estimate of drug-likeness (QED) is 0.899. The Morgan fingerprint density at radius 1 is 1.50 bits per heavy atom. The van der Waals surface area contributed by atoms with Crippen molar-refractivity contribution in [3.63, 3.8) is 0 Å². The Morgan fingerprint density at radius 3 is 2.85 bits per heavy atom. The Balaban J connectivity index is 1.71. The van der Waals surface area contributed by atoms with E-state index in [1.807, 2.05) is 12.3 Å². The van der Waals surface area contributed by atoms with E-state index in [1.165, 1.54) is 4.90 Å². The number of aromatic nitrogens is 2. The normalized spacial score (nSPS) is 15.2. The second-order valence-electron chi connectivity index (χ2n) is 4.80. The number of nitrogens with zero attached hydrogens (tertiary/aromatic N) is 2. The maximum absolute atomic E-state index is 12.1. The van der Waals surface area contributed by atoms with Crippen LogP contribution in [0, 0.1) is 12.8 Å². The molecule has 0 radical (unpaired) electrons. The Morgan fingerprint density at radius 2 is 2.25 bits per heavy atom. The number of H-pyrrole nitrogens is 1. The van der Waals surface area contributed by atoms with Crippen molar-refractivity contribution in [3.8, 4) is 11.3 Å². The van der Waals surface area contributed by atoms with E-state index in [4.69, 9.17) is 5.11 Å². The first-order valence-corrected chi connectivity index (χ1v) is 7.05. The third kappa shape index (κ3) is 2.20. The highest BCUT2D eigenvalue weighted by Gasteiger charge is 2.36. The molecular formula is C13H13N3O3S. The zero-order chi connectivity index (χ0) is 14.3. The molecule has 1 aliphatic rings. The fraction of sp³-hybridized carbons (Fsp3) is 0.308. The number of aliphatic carboxylic acids is 1. The summed E-state index contributed by atoms with van der Waals surface area (Å²) >= 11 is 1.56. The summed E-state index contributed by atoms with van der Waals surface area (Å²) in [6.45, 7) is 2.48. The fourth-order valence-corrected chi connectivity index (χ4v) is 2.75. The van der Waals surface area contributed by atoms with E-state index in [0.717, 1.165) is 16.3 Å². The molecule has 0 bridgehead atoms. The van der Waals surface area contributed by atoms with Gasteiger partial charge in [-0.3, -0.25) is 9.59 Å². The first-order valence-electron chi connectivity index (χ1n) is 6.17. The van der Waals surface area contributed by atoms with Crippen molar-refractivity contribution in [2.24, 2.45) is 5.92 Å². The second-order valence-corrected chi connectivity index (χ2v) is 5.86. The first-order chi connectivity index (χ1) is 9.54. The molecule has 2 N–H and O–H groups in total. The molecule has 0 atom stereocenters. The third-order valence-electron chi connectivity index (χ3n) is 3.35. The van der Waals surface area contributed by atoms with Gasteiger partial charge in [-0.05, 0) is 13.0 Å². The molecule has 3 heterocycles. The second kappa shape index (κ2) is 4.75. The maximum Gasteiger partial charge on any atom is 0.310 e. The number of carbonyl (C=O) groups excluding carboxylic acids is 1. The molecule has 20 heavy (non-hydrogen) atoms. The lowest BCUT2D eigenvalue weighted by Gasteiger charge is -2.36. The van der Waals surface area contributed by atoms with Gasteiger partial charge < -0.3 is 15.0 Å². The van der Waals surface area contributed by atoms with Crippen molar-refractivity contribution in [2.45, 2.75) is 6.92 Å². The third-order valence-corrected chi connectivity index (χ3v) is 4.12. The summed E-state index contributed by atoms with van der Waals surface area (Å²) in [5.41, 5.74) is 2.18. The minimum Gasteiger partial charge on any atom is -0.481 e. The molecule has 3 rings (SSSR count). The molecule has 1 saturated heterocycles. The van der Waals surface area contributed by atoms with Gasteiger partial charge in [0.15, 0.2) is 0 Å². The Bertz CT molecular complexity index is 670. The molecule has 0 spiro atoms. The average molecular weight is 291 g/mol. The fourth-order valence-electron chi connectivity index (χ4n) is 2.13. The number of hydrogen-bond acceptors (Lipinski definition) is 4. The van der Waals surface area contributed by atoms with E-state index in [-0.39, 0.29) is 19.0 Å². The van der Waals surface area contributed by atoms with E-state index in [2.05, 4.69) is 9.97 Å². The van der Waals surface area contributed by atoms with Crippen LogP contribution >= 0.6 is 11.3 Å². The summed E-state index contributed by atoms with van der Waals surface area (Å²) in [7, 11) is 0. The van der Waals surface area contributed by atoms with E-state index in [1.54, 1.807) is 23.6 Å². The number of likely N-dealkylation sites (tertiary alicyclic amines) is 1. The number of carbonyl (C=O) groups is 2. The van der Waals surface area contributed by atoms with Gasteiger partial charge in [-0.1, -0.05) is 0 Å². The summed E-state index contributed by atoms with van der Waals surface area (Å²) in [4.78, 5) is 31.7. The number of thiazole rings is 1. The van der Waals surface area contributed by atoms with Crippen LogP contribution in [0.25, 0.3) is 11.3 Å². The first kappa shape index (κ1) is 12.9. The van der Waals surface area contributed by atoms with Gasteiger partial charge in [-0.2, -0.15) is 0 Å². The average Bonchev–Trinajstić information content (AvgIpc) is 2.94. The van der Waals surface area contributed by atoms with E-state index in [9.17, 15) is 9.59 Å². The van der Waals surface area contributed by atoms with Crippen molar-refractivity contribution < 1.29 is 14.7 Å². The highest BCUT2D eigenvalue weighted by molar-refractivity contribution is 7.09. The SMILES string of the molecule is Cc1nc(-c2c[nH]c(C(=O)N3CC(C(=O)O)C3)c2)cs1. The van der Waals surface area contributed by atoms with Gasteiger partial charge in [0.2, 0.25) is 0 Å². The van der Waals surface area contributed by atoms with Crippen molar-refractivity contribution in [2.75, 3.05) is 13.1 Å². The number of rotatable bonds is 3. The van der Waals surface area contributed by atoms with Crippen LogP contribution in [-0.4, -0.2) is 44.9 Å². The zero-order valence-corrected chi connectivity index (χ0v) is 11.6. The zero-order valence-electron chi connectivity index (χ0n) is 10.8. The Hall–Kier alpha value is -2.15. The predicted molar refractivity (Wildman–Crippen MR) is 73.7 cm³/mol. The Kier molecular flexibility index (Phi) is 3.06. The molecule has 1 aliphatic heterocycles. The maximum atomic E-state index is 12.1. The van der Waals surface area contributed by atoms with Gasteiger partial charge >= 0.3 is 5.97 Å². The lowest BCUT2D eigenvalue weighted by molar-refractivity contribution is -0.146. The van der Waals surface area contributed by atoms with Gasteiger partial charge in [0, 0.05) is 30.2 Å². The molecular weight excluding hydrogens is 278 g/mol.